The molecule has 0 aliphatic heterocycles. The first kappa shape index (κ1) is 19.1. The largest absolute Gasteiger partial charge is 0.748 e. The van der Waals surface area contributed by atoms with Gasteiger partial charge in [0, 0.05) is 13.4 Å². The van der Waals surface area contributed by atoms with Crippen molar-refractivity contribution < 1.29 is 26.9 Å². The Labute approximate surface area is 105 Å². The maximum atomic E-state index is 9.08. The highest BCUT2D eigenvalue weighted by Gasteiger charge is 2.10. The molecule has 0 aromatic carbocycles. The monoisotopic (exact) mass is 271 g/mol. The molecule has 106 valence electrons. The minimum atomic E-state index is -3.92. The van der Waals surface area contributed by atoms with E-state index in [1.165, 1.54) is 0 Å². The van der Waals surface area contributed by atoms with E-state index in [0.29, 0.717) is 19.5 Å². The number of quaternary nitrogens is 1. The van der Waals surface area contributed by atoms with E-state index in [-0.39, 0.29) is 0 Å². The van der Waals surface area contributed by atoms with Crippen LogP contribution in [0.1, 0.15) is 6.92 Å². The van der Waals surface area contributed by atoms with Gasteiger partial charge in [0.15, 0.2) is 0 Å². The van der Waals surface area contributed by atoms with Crippen molar-refractivity contribution in [3.05, 3.63) is 0 Å². The lowest BCUT2D eigenvalue weighted by Crippen LogP contribution is -2.42. The number of hydrogen-bond donors (Lipinski definition) is 0. The summed E-state index contributed by atoms with van der Waals surface area (Å²) in [6, 6.07) is 0. The van der Waals surface area contributed by atoms with Crippen LogP contribution >= 0.6 is 0 Å². The third-order valence-electron chi connectivity index (χ3n) is 2.13. The highest BCUT2D eigenvalue weighted by atomic mass is 32.2. The van der Waals surface area contributed by atoms with Crippen molar-refractivity contribution >= 4 is 10.1 Å². The van der Waals surface area contributed by atoms with E-state index in [9.17, 15) is 0 Å². The molecule has 17 heavy (non-hydrogen) atoms. The fourth-order valence-corrected chi connectivity index (χ4v) is 0.714. The summed E-state index contributed by atoms with van der Waals surface area (Å²) in [5.74, 6) is 0. The van der Waals surface area contributed by atoms with Gasteiger partial charge >= 0.3 is 0 Å². The van der Waals surface area contributed by atoms with Gasteiger partial charge in [0.05, 0.1) is 50.6 Å². The van der Waals surface area contributed by atoms with Gasteiger partial charge in [-0.25, -0.2) is 8.42 Å². The first-order valence-corrected chi connectivity index (χ1v) is 7.23. The molecule has 0 heterocycles. The number of nitrogens with zero attached hydrogens (tertiary/aromatic N) is 1. The van der Waals surface area contributed by atoms with E-state index in [0.717, 1.165) is 24.2 Å². The van der Waals surface area contributed by atoms with Crippen LogP contribution in [-0.2, 0) is 19.6 Å². The Morgan fingerprint density at radius 2 is 1.65 bits per heavy atom. The third kappa shape index (κ3) is 25.8. The summed E-state index contributed by atoms with van der Waals surface area (Å²) in [6.45, 7) is 6.63. The van der Waals surface area contributed by atoms with Gasteiger partial charge in [-0.3, -0.25) is 0 Å². The molecule has 6 nitrogen and oxygen atoms in total. The molecular formula is C10H25NO5S. The second-order valence-corrected chi connectivity index (χ2v) is 5.69. The quantitative estimate of drug-likeness (QED) is 0.367. The van der Waals surface area contributed by atoms with Crippen molar-refractivity contribution in [1.29, 1.82) is 0 Å². The summed E-state index contributed by atoms with van der Waals surface area (Å²) in [5, 5.41) is 0. The zero-order chi connectivity index (χ0) is 13.9. The average Bonchev–Trinajstić information content (AvgIpc) is 2.15. The number of methoxy groups -OCH3 is 1. The maximum absolute atomic E-state index is 9.08. The first-order chi connectivity index (χ1) is 7.62. The van der Waals surface area contributed by atoms with Crippen LogP contribution in [0, 0.1) is 0 Å². The Morgan fingerprint density at radius 1 is 1.18 bits per heavy atom. The summed E-state index contributed by atoms with van der Waals surface area (Å²) in [7, 11) is 2.19. The highest BCUT2D eigenvalue weighted by molar-refractivity contribution is 7.84. The van der Waals surface area contributed by atoms with Crippen molar-refractivity contribution in [3.8, 4) is 0 Å². The SMILES string of the molecule is CC[N+](C)(C)CCOCCOC.CS(=O)(=O)[O-]. The Balaban J connectivity index is 0. The van der Waals surface area contributed by atoms with E-state index in [2.05, 4.69) is 21.0 Å². The molecule has 0 aromatic rings. The smallest absolute Gasteiger partial charge is 0.102 e. The van der Waals surface area contributed by atoms with Crippen LogP contribution < -0.4 is 0 Å². The van der Waals surface area contributed by atoms with Gasteiger partial charge in [-0.1, -0.05) is 0 Å². The topological polar surface area (TPSA) is 75.7 Å². The van der Waals surface area contributed by atoms with Crippen molar-refractivity contribution in [2.75, 3.05) is 60.4 Å². The van der Waals surface area contributed by atoms with Crippen molar-refractivity contribution in [2.24, 2.45) is 0 Å². The molecule has 0 unspecified atom stereocenters. The molecule has 0 fully saturated rings. The molecule has 0 N–H and O–H groups in total. The van der Waals surface area contributed by atoms with E-state index >= 15 is 0 Å². The van der Waals surface area contributed by atoms with Crippen LogP contribution in [0.5, 0.6) is 0 Å². The second kappa shape index (κ2) is 9.78. The standard InChI is InChI=1S/C9H22NO2.CH4O3S/c1-5-10(2,3)6-7-12-9-8-11-4;1-5(2,3)4/h5-9H2,1-4H3;1H3,(H,2,3,4)/q+1;/p-1. The lowest BCUT2D eigenvalue weighted by Gasteiger charge is -2.27. The van der Waals surface area contributed by atoms with Gasteiger partial charge in [-0.05, 0) is 6.92 Å². The summed E-state index contributed by atoms with van der Waals surface area (Å²) in [5.41, 5.74) is 0. The fourth-order valence-electron chi connectivity index (χ4n) is 0.714. The van der Waals surface area contributed by atoms with Crippen molar-refractivity contribution in [2.45, 2.75) is 6.92 Å². The molecule has 0 spiro atoms. The van der Waals surface area contributed by atoms with E-state index in [4.69, 9.17) is 22.4 Å². The Morgan fingerprint density at radius 3 is 2.00 bits per heavy atom. The predicted octanol–water partition coefficient (Wildman–Crippen LogP) is -0.0929. The number of ether oxygens (including phenoxy) is 2. The van der Waals surface area contributed by atoms with Crippen molar-refractivity contribution in [3.63, 3.8) is 0 Å². The second-order valence-electron chi connectivity index (χ2n) is 4.28. The van der Waals surface area contributed by atoms with Crippen LogP contribution in [-0.4, -0.2) is 77.8 Å². The highest BCUT2D eigenvalue weighted by Crippen LogP contribution is 1.94. The Bertz CT molecular complexity index is 256. The van der Waals surface area contributed by atoms with Gasteiger partial charge < -0.3 is 18.5 Å². The van der Waals surface area contributed by atoms with Crippen LogP contribution in [0.3, 0.4) is 0 Å². The Hall–Kier alpha value is -0.210. The van der Waals surface area contributed by atoms with E-state index in [1.807, 2.05) is 0 Å². The normalized spacial score (nSPS) is 11.9. The summed E-state index contributed by atoms with van der Waals surface area (Å²) >= 11 is 0. The molecule has 0 bridgehead atoms. The molecule has 0 rings (SSSR count). The van der Waals surface area contributed by atoms with Crippen LogP contribution in [0.4, 0.5) is 0 Å². The molecule has 0 saturated carbocycles. The molecule has 0 aromatic heterocycles. The van der Waals surface area contributed by atoms with Crippen LogP contribution in [0.25, 0.3) is 0 Å². The summed E-state index contributed by atoms with van der Waals surface area (Å²) in [6.07, 6.45) is 0.604. The molecule has 0 amide bonds. The predicted molar refractivity (Wildman–Crippen MR) is 65.8 cm³/mol. The zero-order valence-electron chi connectivity index (χ0n) is 11.4. The number of rotatable bonds is 7. The van der Waals surface area contributed by atoms with Gasteiger partial charge in [-0.2, -0.15) is 0 Å². The summed E-state index contributed by atoms with van der Waals surface area (Å²) in [4.78, 5) is 0. The minimum Gasteiger partial charge on any atom is -0.748 e. The number of hydrogen-bond acceptors (Lipinski definition) is 5. The van der Waals surface area contributed by atoms with E-state index in [1.54, 1.807) is 7.11 Å². The lowest BCUT2D eigenvalue weighted by molar-refractivity contribution is -0.888. The average molecular weight is 271 g/mol. The first-order valence-electron chi connectivity index (χ1n) is 5.42. The Kier molecular flexibility index (Phi) is 11.0. The molecule has 0 atom stereocenters. The van der Waals surface area contributed by atoms with Gasteiger partial charge in [0.2, 0.25) is 0 Å². The molecule has 0 aliphatic rings. The zero-order valence-corrected chi connectivity index (χ0v) is 12.2. The van der Waals surface area contributed by atoms with Crippen LogP contribution in [0.2, 0.25) is 0 Å². The van der Waals surface area contributed by atoms with Gasteiger partial charge in [-0.15, -0.1) is 0 Å². The minimum absolute atomic E-state index is 0.604. The lowest BCUT2D eigenvalue weighted by atomic mass is 10.4. The van der Waals surface area contributed by atoms with Gasteiger partial charge in [0.25, 0.3) is 0 Å². The summed E-state index contributed by atoms with van der Waals surface area (Å²) < 4.78 is 38.5. The molecule has 0 aliphatic carbocycles. The number of likely N-dealkylation sites (N-methyl/N-ethyl adjacent to an activating group) is 1. The maximum Gasteiger partial charge on any atom is 0.102 e. The molecule has 0 radical (unpaired) electrons. The third-order valence-corrected chi connectivity index (χ3v) is 2.13. The van der Waals surface area contributed by atoms with E-state index < -0.39 is 10.1 Å². The molecule has 7 heteroatoms. The molecule has 0 saturated heterocycles. The van der Waals surface area contributed by atoms with Crippen molar-refractivity contribution in [1.82, 2.24) is 0 Å². The fraction of sp³-hybridized carbons (Fsp3) is 1.00. The van der Waals surface area contributed by atoms with Gasteiger partial charge in [0.1, 0.15) is 6.54 Å². The van der Waals surface area contributed by atoms with Crippen LogP contribution in [0.15, 0.2) is 0 Å². The molecular weight excluding hydrogens is 246 g/mol.